The zero-order valence-corrected chi connectivity index (χ0v) is 25.5. The average molecular weight is 598 g/mol. The van der Waals surface area contributed by atoms with E-state index >= 15 is 0 Å². The number of H-pyrrole nitrogens is 1. The number of aromatic nitrogens is 4. The molecule has 232 valence electrons. The summed E-state index contributed by atoms with van der Waals surface area (Å²) in [6, 6.07) is 3.24. The molecule has 0 bridgehead atoms. The van der Waals surface area contributed by atoms with E-state index in [1.54, 1.807) is 26.2 Å². The lowest BCUT2D eigenvalue weighted by atomic mass is 10.0. The fourth-order valence-electron chi connectivity index (χ4n) is 4.60. The van der Waals surface area contributed by atoms with Crippen LogP contribution in [0.15, 0.2) is 35.3 Å². The number of pyridine rings is 2. The van der Waals surface area contributed by atoms with Gasteiger partial charge in [-0.2, -0.15) is 0 Å². The first-order valence-corrected chi connectivity index (χ1v) is 14.2. The summed E-state index contributed by atoms with van der Waals surface area (Å²) < 4.78 is 16.0. The minimum atomic E-state index is -1.19. The van der Waals surface area contributed by atoms with Crippen molar-refractivity contribution in [3.05, 3.63) is 63.9 Å². The van der Waals surface area contributed by atoms with Crippen LogP contribution in [-0.2, 0) is 29.0 Å². The SMILES string of the molecule is CCc1ccc(NC(=O)[C@@H](CC/C=C/C(=O)N(C)C)CN(C)C(=O)O)c(=O)n1Cc1nc2c(F)cnc(CC(C)C)c2[nH]1. The normalized spacial score (nSPS) is 12.2. The molecule has 0 radical (unpaired) electrons. The number of nitrogens with one attached hydrogen (secondary N) is 2. The van der Waals surface area contributed by atoms with Crippen molar-refractivity contribution >= 4 is 34.6 Å². The van der Waals surface area contributed by atoms with E-state index in [4.69, 9.17) is 0 Å². The van der Waals surface area contributed by atoms with Gasteiger partial charge in [-0.25, -0.2) is 14.2 Å². The van der Waals surface area contributed by atoms with Crippen LogP contribution in [0.4, 0.5) is 14.9 Å². The van der Waals surface area contributed by atoms with Crippen LogP contribution in [0.25, 0.3) is 11.0 Å². The molecule has 3 aromatic rings. The fraction of sp³-hybridized carbons (Fsp3) is 0.467. The van der Waals surface area contributed by atoms with Gasteiger partial charge in [-0.3, -0.25) is 19.4 Å². The molecule has 0 aliphatic carbocycles. The summed E-state index contributed by atoms with van der Waals surface area (Å²) in [5.41, 5.74) is 1.56. The lowest BCUT2D eigenvalue weighted by molar-refractivity contribution is -0.123. The van der Waals surface area contributed by atoms with Crippen molar-refractivity contribution in [1.29, 1.82) is 0 Å². The van der Waals surface area contributed by atoms with Gasteiger partial charge >= 0.3 is 6.09 Å². The molecular weight excluding hydrogens is 557 g/mol. The van der Waals surface area contributed by atoms with Gasteiger partial charge in [0.2, 0.25) is 11.8 Å². The topological polar surface area (TPSA) is 154 Å². The van der Waals surface area contributed by atoms with E-state index in [0.717, 1.165) is 11.1 Å². The molecule has 3 amide bonds. The highest BCUT2D eigenvalue weighted by Gasteiger charge is 2.24. The number of fused-ring (bicyclic) bond motifs is 1. The summed E-state index contributed by atoms with van der Waals surface area (Å²) in [5, 5.41) is 12.0. The largest absolute Gasteiger partial charge is 0.465 e. The molecule has 13 heteroatoms. The second kappa shape index (κ2) is 14.6. The van der Waals surface area contributed by atoms with Gasteiger partial charge in [-0.15, -0.1) is 0 Å². The third-order valence-electron chi connectivity index (χ3n) is 6.97. The van der Waals surface area contributed by atoms with Crippen molar-refractivity contribution in [1.82, 2.24) is 29.3 Å². The smallest absolute Gasteiger partial charge is 0.407 e. The fourth-order valence-corrected chi connectivity index (χ4v) is 4.60. The number of carbonyl (C=O) groups excluding carboxylic acids is 2. The van der Waals surface area contributed by atoms with Crippen LogP contribution in [0.2, 0.25) is 0 Å². The number of halogens is 1. The number of amides is 3. The van der Waals surface area contributed by atoms with Crippen LogP contribution >= 0.6 is 0 Å². The van der Waals surface area contributed by atoms with Crippen molar-refractivity contribution in [2.24, 2.45) is 11.8 Å². The van der Waals surface area contributed by atoms with Crippen molar-refractivity contribution in [3.63, 3.8) is 0 Å². The number of carbonyl (C=O) groups is 3. The molecular formula is C30H40FN7O5. The molecule has 0 aliphatic rings. The van der Waals surface area contributed by atoms with Crippen molar-refractivity contribution in [2.45, 2.75) is 53.0 Å². The summed E-state index contributed by atoms with van der Waals surface area (Å²) in [6.07, 6.45) is 4.72. The molecule has 0 aliphatic heterocycles. The number of aromatic amines is 1. The predicted molar refractivity (Wildman–Crippen MR) is 161 cm³/mol. The summed E-state index contributed by atoms with van der Waals surface area (Å²) in [7, 11) is 4.60. The molecule has 3 N–H and O–H groups in total. The van der Waals surface area contributed by atoms with E-state index in [-0.39, 0.29) is 42.5 Å². The first-order valence-electron chi connectivity index (χ1n) is 14.2. The predicted octanol–water partition coefficient (Wildman–Crippen LogP) is 3.66. The maximum absolute atomic E-state index is 14.6. The summed E-state index contributed by atoms with van der Waals surface area (Å²) in [4.78, 5) is 64.4. The van der Waals surface area contributed by atoms with E-state index < -0.39 is 29.3 Å². The lowest BCUT2D eigenvalue weighted by Gasteiger charge is -2.21. The Morgan fingerprint density at radius 2 is 1.93 bits per heavy atom. The minimum Gasteiger partial charge on any atom is -0.465 e. The van der Waals surface area contributed by atoms with Gasteiger partial charge < -0.3 is 29.8 Å². The summed E-state index contributed by atoms with van der Waals surface area (Å²) >= 11 is 0. The van der Waals surface area contributed by atoms with E-state index in [2.05, 4.69) is 20.3 Å². The third-order valence-corrected chi connectivity index (χ3v) is 6.97. The Morgan fingerprint density at radius 1 is 1.21 bits per heavy atom. The summed E-state index contributed by atoms with van der Waals surface area (Å²) in [6.45, 7) is 5.87. The molecule has 0 unspecified atom stereocenters. The Labute approximate surface area is 249 Å². The van der Waals surface area contributed by atoms with Crippen LogP contribution in [-0.4, -0.2) is 80.0 Å². The summed E-state index contributed by atoms with van der Waals surface area (Å²) in [5.74, 6) is -1.43. The number of rotatable bonds is 13. The van der Waals surface area contributed by atoms with Gasteiger partial charge in [0.05, 0.1) is 29.9 Å². The minimum absolute atomic E-state index is 0.0107. The standard InChI is InChI=1S/C30H40FN7O5/c1-7-20-12-13-22(33-28(40)19(16-37(6)30(42)43)10-8-9-11-25(39)36(4)5)29(41)38(20)17-24-34-26-21(31)15-32-23(14-18(2)3)27(26)35-24/h9,11-13,15,18-19H,7-8,10,14,16-17H2,1-6H3,(H,33,40)(H,34,35)(H,42,43)/b11-9+/t19-/m0/s1. The first kappa shape index (κ1) is 33.0. The van der Waals surface area contributed by atoms with Crippen LogP contribution in [0, 0.1) is 17.7 Å². The molecule has 0 saturated heterocycles. The maximum atomic E-state index is 14.6. The van der Waals surface area contributed by atoms with Gasteiger partial charge in [0.1, 0.15) is 17.0 Å². The number of carboxylic acid groups (broad SMARTS) is 1. The molecule has 3 rings (SSSR count). The number of allylic oxidation sites excluding steroid dienone is 1. The van der Waals surface area contributed by atoms with Crippen molar-refractivity contribution in [3.8, 4) is 0 Å². The molecule has 0 aromatic carbocycles. The van der Waals surface area contributed by atoms with Gasteiger partial charge in [0.25, 0.3) is 5.56 Å². The van der Waals surface area contributed by atoms with Crippen LogP contribution in [0.1, 0.15) is 50.8 Å². The van der Waals surface area contributed by atoms with E-state index in [1.165, 1.54) is 28.7 Å². The Kier molecular flexibility index (Phi) is 11.2. The highest BCUT2D eigenvalue weighted by molar-refractivity contribution is 5.93. The van der Waals surface area contributed by atoms with Crippen LogP contribution in [0.5, 0.6) is 0 Å². The zero-order valence-electron chi connectivity index (χ0n) is 25.5. The van der Waals surface area contributed by atoms with Crippen molar-refractivity contribution < 1.29 is 23.9 Å². The number of likely N-dealkylation sites (N-methyl/N-ethyl adjacent to an activating group) is 1. The van der Waals surface area contributed by atoms with E-state index in [9.17, 15) is 28.7 Å². The van der Waals surface area contributed by atoms with E-state index in [1.807, 2.05) is 20.8 Å². The molecule has 0 spiro atoms. The zero-order chi connectivity index (χ0) is 31.8. The monoisotopic (exact) mass is 597 g/mol. The Balaban J connectivity index is 1.88. The number of hydrogen-bond acceptors (Lipinski definition) is 6. The van der Waals surface area contributed by atoms with Crippen LogP contribution < -0.4 is 10.9 Å². The highest BCUT2D eigenvalue weighted by atomic mass is 19.1. The number of nitrogens with zero attached hydrogens (tertiary/aromatic N) is 5. The molecule has 43 heavy (non-hydrogen) atoms. The molecule has 12 nitrogen and oxygen atoms in total. The van der Waals surface area contributed by atoms with Gasteiger partial charge in [-0.05, 0) is 49.8 Å². The third kappa shape index (κ3) is 8.49. The number of anilines is 1. The highest BCUT2D eigenvalue weighted by Crippen LogP contribution is 2.21. The Bertz CT molecular complexity index is 1560. The molecule has 3 aromatic heterocycles. The second-order valence-corrected chi connectivity index (χ2v) is 11.1. The number of aryl methyl sites for hydroxylation is 1. The van der Waals surface area contributed by atoms with Crippen molar-refractivity contribution in [2.75, 3.05) is 33.0 Å². The molecule has 1 atom stereocenters. The van der Waals surface area contributed by atoms with Gasteiger partial charge in [0.15, 0.2) is 5.82 Å². The lowest BCUT2D eigenvalue weighted by Crippen LogP contribution is -2.37. The quantitative estimate of drug-likeness (QED) is 0.254. The molecule has 0 saturated carbocycles. The Hall–Kier alpha value is -4.55. The molecule has 0 fully saturated rings. The van der Waals surface area contributed by atoms with E-state index in [0.29, 0.717) is 42.0 Å². The first-order chi connectivity index (χ1) is 20.3. The Morgan fingerprint density at radius 3 is 2.56 bits per heavy atom. The van der Waals surface area contributed by atoms with Gasteiger partial charge in [0, 0.05) is 33.4 Å². The second-order valence-electron chi connectivity index (χ2n) is 11.1. The van der Waals surface area contributed by atoms with Crippen LogP contribution in [0.3, 0.4) is 0 Å². The average Bonchev–Trinajstić information content (AvgIpc) is 3.38. The number of imidazole rings is 1. The number of hydrogen-bond donors (Lipinski definition) is 3. The molecule has 3 heterocycles. The van der Waals surface area contributed by atoms with Gasteiger partial charge in [-0.1, -0.05) is 26.8 Å². The maximum Gasteiger partial charge on any atom is 0.407 e.